The van der Waals surface area contributed by atoms with E-state index in [4.69, 9.17) is 4.74 Å². The van der Waals surface area contributed by atoms with Gasteiger partial charge in [-0.1, -0.05) is 34.6 Å². The van der Waals surface area contributed by atoms with Gasteiger partial charge in [-0.3, -0.25) is 4.79 Å². The zero-order chi connectivity index (χ0) is 13.6. The number of rotatable bonds is 6. The van der Waals surface area contributed by atoms with E-state index in [-0.39, 0.29) is 11.9 Å². The average molecular weight is 243 g/mol. The third-order valence-corrected chi connectivity index (χ3v) is 3.00. The van der Waals surface area contributed by atoms with Crippen LogP contribution in [0.25, 0.3) is 0 Å². The van der Waals surface area contributed by atoms with Gasteiger partial charge in [-0.2, -0.15) is 0 Å². The fourth-order valence-corrected chi connectivity index (χ4v) is 1.34. The van der Waals surface area contributed by atoms with Crippen molar-refractivity contribution in [2.75, 3.05) is 7.11 Å². The van der Waals surface area contributed by atoms with Crippen LogP contribution in [0.2, 0.25) is 0 Å². The van der Waals surface area contributed by atoms with Crippen molar-refractivity contribution < 1.29 is 14.3 Å². The number of carbonyl (C=O) groups is 2. The molecule has 0 spiro atoms. The second-order valence-electron chi connectivity index (χ2n) is 5.42. The van der Waals surface area contributed by atoms with E-state index < -0.39 is 11.5 Å². The lowest BCUT2D eigenvalue weighted by atomic mass is 9.88. The highest BCUT2D eigenvalue weighted by atomic mass is 16.5. The number of ether oxygens (including phenoxy) is 1. The molecule has 0 rings (SSSR count). The molecule has 0 fully saturated rings. The Kier molecular flexibility index (Phi) is 6.21. The summed E-state index contributed by atoms with van der Waals surface area (Å²) in [6.07, 6.45) is 1.33. The lowest BCUT2D eigenvalue weighted by molar-refractivity contribution is -0.146. The van der Waals surface area contributed by atoms with Crippen LogP contribution in [0.1, 0.15) is 47.5 Å². The molecule has 100 valence electrons. The lowest BCUT2D eigenvalue weighted by Gasteiger charge is -2.25. The van der Waals surface area contributed by atoms with Crippen molar-refractivity contribution in [3.8, 4) is 0 Å². The summed E-state index contributed by atoms with van der Waals surface area (Å²) in [4.78, 5) is 23.6. The Hall–Kier alpha value is -1.06. The molecule has 0 aromatic rings. The van der Waals surface area contributed by atoms with E-state index in [1.807, 2.05) is 34.6 Å². The number of hydrogen-bond acceptors (Lipinski definition) is 3. The van der Waals surface area contributed by atoms with E-state index in [0.29, 0.717) is 12.3 Å². The van der Waals surface area contributed by atoms with E-state index in [9.17, 15) is 9.59 Å². The smallest absolute Gasteiger partial charge is 0.328 e. The summed E-state index contributed by atoms with van der Waals surface area (Å²) in [5.41, 5.74) is -0.455. The van der Waals surface area contributed by atoms with E-state index in [0.717, 1.165) is 6.42 Å². The summed E-state index contributed by atoms with van der Waals surface area (Å²) in [5.74, 6) is -0.154. The molecule has 0 radical (unpaired) electrons. The van der Waals surface area contributed by atoms with Gasteiger partial charge in [0, 0.05) is 5.41 Å². The lowest BCUT2D eigenvalue weighted by Crippen LogP contribution is -2.47. The average Bonchev–Trinajstić information content (AvgIpc) is 2.26. The molecular formula is C13H25NO3. The maximum Gasteiger partial charge on any atom is 0.328 e. The van der Waals surface area contributed by atoms with Crippen molar-refractivity contribution in [1.82, 2.24) is 5.32 Å². The number of carbonyl (C=O) groups excluding carboxylic acids is 2. The Morgan fingerprint density at radius 1 is 1.29 bits per heavy atom. The molecule has 0 aliphatic rings. The van der Waals surface area contributed by atoms with E-state index in [1.54, 1.807) is 0 Å². The van der Waals surface area contributed by atoms with Crippen LogP contribution in [0.15, 0.2) is 0 Å². The highest BCUT2D eigenvalue weighted by molar-refractivity contribution is 5.87. The molecule has 1 unspecified atom stereocenters. The van der Waals surface area contributed by atoms with Gasteiger partial charge in [0.2, 0.25) is 5.91 Å². The van der Waals surface area contributed by atoms with Gasteiger partial charge in [-0.05, 0) is 18.8 Å². The highest BCUT2D eigenvalue weighted by Gasteiger charge is 2.30. The van der Waals surface area contributed by atoms with Gasteiger partial charge < -0.3 is 10.1 Å². The molecule has 0 saturated carbocycles. The largest absolute Gasteiger partial charge is 0.467 e. The molecule has 0 saturated heterocycles. The summed E-state index contributed by atoms with van der Waals surface area (Å²) in [6, 6.07) is -0.543. The predicted octanol–water partition coefficient (Wildman–Crippen LogP) is 2.13. The van der Waals surface area contributed by atoms with Gasteiger partial charge in [0.15, 0.2) is 0 Å². The molecule has 0 heterocycles. The van der Waals surface area contributed by atoms with Gasteiger partial charge in [-0.25, -0.2) is 4.79 Å². The number of esters is 1. The number of amides is 1. The van der Waals surface area contributed by atoms with E-state index in [1.165, 1.54) is 7.11 Å². The summed E-state index contributed by atoms with van der Waals surface area (Å²) in [7, 11) is 1.34. The predicted molar refractivity (Wildman–Crippen MR) is 67.5 cm³/mol. The number of methoxy groups -OCH3 is 1. The SMILES string of the molecule is CCC(C)(C)C(=O)NC(CC(C)C)C(=O)OC. The van der Waals surface area contributed by atoms with Gasteiger partial charge >= 0.3 is 5.97 Å². The minimum absolute atomic E-state index is 0.101. The van der Waals surface area contributed by atoms with Crippen LogP contribution in [0.5, 0.6) is 0 Å². The maximum atomic E-state index is 12.0. The number of nitrogens with one attached hydrogen (secondary N) is 1. The first-order valence-corrected chi connectivity index (χ1v) is 6.13. The zero-order valence-corrected chi connectivity index (χ0v) is 11.8. The fraction of sp³-hybridized carbons (Fsp3) is 0.846. The monoisotopic (exact) mass is 243 g/mol. The summed E-state index contributed by atoms with van der Waals surface area (Å²) in [6.45, 7) is 9.70. The van der Waals surface area contributed by atoms with Crippen molar-refractivity contribution >= 4 is 11.9 Å². The Morgan fingerprint density at radius 2 is 1.82 bits per heavy atom. The first-order chi connectivity index (χ1) is 7.74. The van der Waals surface area contributed by atoms with E-state index in [2.05, 4.69) is 5.32 Å². The molecule has 0 aromatic heterocycles. The second-order valence-corrected chi connectivity index (χ2v) is 5.42. The van der Waals surface area contributed by atoms with Crippen molar-refractivity contribution in [1.29, 1.82) is 0 Å². The Balaban J connectivity index is 4.64. The summed E-state index contributed by atoms with van der Waals surface area (Å²) < 4.78 is 4.71. The Labute approximate surface area is 104 Å². The Morgan fingerprint density at radius 3 is 2.18 bits per heavy atom. The molecule has 0 aromatic carbocycles. The first kappa shape index (κ1) is 15.9. The normalized spacial score (nSPS) is 13.4. The molecule has 0 aliphatic heterocycles. The van der Waals surface area contributed by atoms with Gasteiger partial charge in [-0.15, -0.1) is 0 Å². The van der Waals surface area contributed by atoms with Crippen LogP contribution in [0.4, 0.5) is 0 Å². The quantitative estimate of drug-likeness (QED) is 0.727. The molecule has 1 amide bonds. The van der Waals surface area contributed by atoms with Crippen LogP contribution in [0.3, 0.4) is 0 Å². The summed E-state index contributed by atoms with van der Waals surface area (Å²) in [5, 5.41) is 2.78. The van der Waals surface area contributed by atoms with Crippen molar-refractivity contribution in [2.24, 2.45) is 11.3 Å². The molecule has 1 atom stereocenters. The molecule has 0 bridgehead atoms. The third kappa shape index (κ3) is 5.20. The molecule has 4 heteroatoms. The molecule has 1 N–H and O–H groups in total. The van der Waals surface area contributed by atoms with E-state index >= 15 is 0 Å². The summed E-state index contributed by atoms with van der Waals surface area (Å²) >= 11 is 0. The van der Waals surface area contributed by atoms with Crippen LogP contribution >= 0.6 is 0 Å². The Bertz CT molecular complexity index is 272. The van der Waals surface area contributed by atoms with Gasteiger partial charge in [0.05, 0.1) is 7.11 Å². The maximum absolute atomic E-state index is 12.0. The third-order valence-electron chi connectivity index (χ3n) is 3.00. The van der Waals surface area contributed by atoms with Gasteiger partial charge in [0.1, 0.15) is 6.04 Å². The zero-order valence-electron chi connectivity index (χ0n) is 11.8. The minimum atomic E-state index is -0.543. The standard InChI is InChI=1S/C13H25NO3/c1-7-13(4,5)12(16)14-10(8-9(2)3)11(15)17-6/h9-10H,7-8H2,1-6H3,(H,14,16). The molecular weight excluding hydrogens is 218 g/mol. The molecule has 17 heavy (non-hydrogen) atoms. The first-order valence-electron chi connectivity index (χ1n) is 6.13. The van der Waals surface area contributed by atoms with Crippen LogP contribution in [-0.2, 0) is 14.3 Å². The topological polar surface area (TPSA) is 55.4 Å². The minimum Gasteiger partial charge on any atom is -0.467 e. The second kappa shape index (κ2) is 6.62. The van der Waals surface area contributed by atoms with Crippen molar-refractivity contribution in [3.05, 3.63) is 0 Å². The number of hydrogen-bond donors (Lipinski definition) is 1. The van der Waals surface area contributed by atoms with Crippen LogP contribution in [0, 0.1) is 11.3 Å². The van der Waals surface area contributed by atoms with Crippen LogP contribution in [-0.4, -0.2) is 25.0 Å². The fourth-order valence-electron chi connectivity index (χ4n) is 1.34. The van der Waals surface area contributed by atoms with Crippen LogP contribution < -0.4 is 5.32 Å². The molecule has 0 aliphatic carbocycles. The van der Waals surface area contributed by atoms with Crippen molar-refractivity contribution in [3.63, 3.8) is 0 Å². The molecule has 4 nitrogen and oxygen atoms in total. The highest BCUT2D eigenvalue weighted by Crippen LogP contribution is 2.20. The van der Waals surface area contributed by atoms with Gasteiger partial charge in [0.25, 0.3) is 0 Å². The van der Waals surface area contributed by atoms with Crippen molar-refractivity contribution in [2.45, 2.75) is 53.5 Å².